The van der Waals surface area contributed by atoms with E-state index in [1.807, 2.05) is 6.92 Å². The molecule has 0 heterocycles. The summed E-state index contributed by atoms with van der Waals surface area (Å²) in [6, 6.07) is 24.3. The minimum Gasteiger partial charge on any atom is -0.324 e. The van der Waals surface area contributed by atoms with E-state index in [9.17, 15) is 18.0 Å². The Morgan fingerprint density at radius 2 is 1.53 bits per heavy atom. The smallest absolute Gasteiger partial charge is 0.264 e. The van der Waals surface area contributed by atoms with Gasteiger partial charge in [0.2, 0.25) is 5.91 Å². The molecule has 9 heteroatoms. The number of hydrogen-bond acceptors (Lipinski definition) is 4. The highest BCUT2D eigenvalue weighted by atomic mass is 35.5. The van der Waals surface area contributed by atoms with Crippen molar-refractivity contribution < 1.29 is 18.0 Å². The minimum absolute atomic E-state index is 0.0294. The molecule has 6 nitrogen and oxygen atoms in total. The molecule has 1 amide bonds. The fourth-order valence-electron chi connectivity index (χ4n) is 3.88. The van der Waals surface area contributed by atoms with Gasteiger partial charge in [-0.15, -0.1) is 0 Å². The second-order valence-electron chi connectivity index (χ2n) is 8.64. The summed E-state index contributed by atoms with van der Waals surface area (Å²) in [5, 5.41) is 3.38. The lowest BCUT2D eigenvalue weighted by Crippen LogP contribution is -2.38. The van der Waals surface area contributed by atoms with E-state index >= 15 is 0 Å². The summed E-state index contributed by atoms with van der Waals surface area (Å²) in [5.41, 5.74) is 2.48. The SMILES string of the molecule is Cc1ccc(S(=O)(=O)N(CC(=O)Nc2ccc(Cl)cc2C(=O)c2ccccc2)c2cccc(Cl)c2C)cc1. The van der Waals surface area contributed by atoms with E-state index < -0.39 is 22.5 Å². The lowest BCUT2D eigenvalue weighted by molar-refractivity contribution is -0.114. The maximum Gasteiger partial charge on any atom is 0.264 e. The molecular weight excluding hydrogens is 543 g/mol. The molecule has 194 valence electrons. The van der Waals surface area contributed by atoms with Crippen molar-refractivity contribution in [2.75, 3.05) is 16.2 Å². The lowest BCUT2D eigenvalue weighted by Gasteiger charge is -2.26. The van der Waals surface area contributed by atoms with E-state index in [1.165, 1.54) is 24.3 Å². The monoisotopic (exact) mass is 566 g/mol. The standard InChI is InChI=1S/C29H24Cl2N2O4S/c1-19-11-14-23(15-12-19)38(36,37)33(27-10-6-9-25(31)20(27)2)18-28(34)32-26-16-13-22(30)17-24(26)29(35)21-7-4-3-5-8-21/h3-17H,18H2,1-2H3,(H,32,34). The molecule has 0 atom stereocenters. The Kier molecular flexibility index (Phi) is 8.21. The molecule has 0 saturated carbocycles. The molecule has 1 N–H and O–H groups in total. The van der Waals surface area contributed by atoms with Crippen LogP contribution in [0.2, 0.25) is 10.0 Å². The predicted octanol–water partition coefficient (Wildman–Crippen LogP) is 6.68. The number of sulfonamides is 1. The molecular formula is C29H24Cl2N2O4S. The van der Waals surface area contributed by atoms with Crippen LogP contribution >= 0.6 is 23.2 Å². The second-order valence-corrected chi connectivity index (χ2v) is 11.3. The number of aryl methyl sites for hydroxylation is 1. The quantitative estimate of drug-likeness (QED) is 0.241. The number of nitrogens with one attached hydrogen (secondary N) is 1. The highest BCUT2D eigenvalue weighted by Gasteiger charge is 2.29. The molecule has 0 aromatic heterocycles. The Hall–Kier alpha value is -3.65. The molecule has 0 spiro atoms. The van der Waals surface area contributed by atoms with Crippen LogP contribution in [0.15, 0.2) is 95.9 Å². The number of benzene rings is 4. The number of carbonyl (C=O) groups excluding carboxylic acids is 2. The topological polar surface area (TPSA) is 83.6 Å². The average Bonchev–Trinajstić information content (AvgIpc) is 2.90. The van der Waals surface area contributed by atoms with E-state index in [-0.39, 0.29) is 27.6 Å². The van der Waals surface area contributed by atoms with Gasteiger partial charge in [0, 0.05) is 21.2 Å². The first-order valence-corrected chi connectivity index (χ1v) is 13.8. The minimum atomic E-state index is -4.15. The Balaban J connectivity index is 1.71. The Bertz CT molecular complexity index is 1610. The molecule has 0 unspecified atom stereocenters. The third-order valence-corrected chi connectivity index (χ3v) is 8.36. The first kappa shape index (κ1) is 27.4. The Morgan fingerprint density at radius 3 is 2.21 bits per heavy atom. The number of hydrogen-bond donors (Lipinski definition) is 1. The lowest BCUT2D eigenvalue weighted by atomic mass is 10.0. The van der Waals surface area contributed by atoms with Crippen molar-refractivity contribution >= 4 is 56.3 Å². The van der Waals surface area contributed by atoms with Crippen LogP contribution in [-0.4, -0.2) is 26.7 Å². The maximum atomic E-state index is 13.7. The highest BCUT2D eigenvalue weighted by Crippen LogP contribution is 2.31. The van der Waals surface area contributed by atoms with Gasteiger partial charge in [0.1, 0.15) is 6.54 Å². The van der Waals surface area contributed by atoms with E-state index in [0.717, 1.165) is 9.87 Å². The number of rotatable bonds is 8. The van der Waals surface area contributed by atoms with Crippen molar-refractivity contribution in [3.63, 3.8) is 0 Å². The average molecular weight is 567 g/mol. The molecule has 0 saturated heterocycles. The summed E-state index contributed by atoms with van der Waals surface area (Å²) < 4.78 is 28.5. The third-order valence-electron chi connectivity index (χ3n) is 5.94. The Labute approximate surface area is 231 Å². The van der Waals surface area contributed by atoms with Crippen LogP contribution in [-0.2, 0) is 14.8 Å². The fourth-order valence-corrected chi connectivity index (χ4v) is 5.70. The number of anilines is 2. The van der Waals surface area contributed by atoms with Gasteiger partial charge in [-0.3, -0.25) is 13.9 Å². The van der Waals surface area contributed by atoms with Gasteiger partial charge in [0.25, 0.3) is 10.0 Å². The van der Waals surface area contributed by atoms with Crippen LogP contribution in [0.25, 0.3) is 0 Å². The number of carbonyl (C=O) groups is 2. The van der Waals surface area contributed by atoms with Gasteiger partial charge in [-0.2, -0.15) is 0 Å². The van der Waals surface area contributed by atoms with E-state index in [1.54, 1.807) is 73.7 Å². The van der Waals surface area contributed by atoms with Crippen LogP contribution in [0.3, 0.4) is 0 Å². The highest BCUT2D eigenvalue weighted by molar-refractivity contribution is 7.92. The molecule has 0 aliphatic carbocycles. The zero-order valence-electron chi connectivity index (χ0n) is 20.6. The van der Waals surface area contributed by atoms with E-state index in [2.05, 4.69) is 5.32 Å². The van der Waals surface area contributed by atoms with Gasteiger partial charge in [-0.05, 0) is 61.9 Å². The van der Waals surface area contributed by atoms with Crippen LogP contribution in [0.5, 0.6) is 0 Å². The molecule has 38 heavy (non-hydrogen) atoms. The summed E-state index contributed by atoms with van der Waals surface area (Å²) in [6.45, 7) is 2.98. The molecule has 4 rings (SSSR count). The van der Waals surface area contributed by atoms with Crippen LogP contribution in [0.1, 0.15) is 27.0 Å². The molecule has 4 aromatic carbocycles. The van der Waals surface area contributed by atoms with Crippen molar-refractivity contribution in [2.45, 2.75) is 18.7 Å². The van der Waals surface area contributed by atoms with Crippen molar-refractivity contribution in [1.82, 2.24) is 0 Å². The van der Waals surface area contributed by atoms with Crippen molar-refractivity contribution in [3.8, 4) is 0 Å². The number of nitrogens with zero attached hydrogens (tertiary/aromatic N) is 1. The van der Waals surface area contributed by atoms with Crippen molar-refractivity contribution in [1.29, 1.82) is 0 Å². The first-order valence-electron chi connectivity index (χ1n) is 11.6. The van der Waals surface area contributed by atoms with Gasteiger partial charge in [-0.1, -0.05) is 77.3 Å². The zero-order chi connectivity index (χ0) is 27.4. The molecule has 0 bridgehead atoms. The van der Waals surface area contributed by atoms with Gasteiger partial charge >= 0.3 is 0 Å². The molecule has 0 radical (unpaired) electrons. The van der Waals surface area contributed by atoms with Crippen LogP contribution < -0.4 is 9.62 Å². The van der Waals surface area contributed by atoms with Gasteiger partial charge in [-0.25, -0.2) is 8.42 Å². The van der Waals surface area contributed by atoms with Crippen LogP contribution in [0.4, 0.5) is 11.4 Å². The van der Waals surface area contributed by atoms with Crippen molar-refractivity contribution in [2.24, 2.45) is 0 Å². The number of halogens is 2. The second kappa shape index (κ2) is 11.4. The first-order chi connectivity index (χ1) is 18.1. The summed E-state index contributed by atoms with van der Waals surface area (Å²) in [7, 11) is -4.15. The zero-order valence-corrected chi connectivity index (χ0v) is 22.9. The summed E-state index contributed by atoms with van der Waals surface area (Å²) >= 11 is 12.5. The predicted molar refractivity (Wildman–Crippen MR) is 152 cm³/mol. The van der Waals surface area contributed by atoms with E-state index in [4.69, 9.17) is 23.2 Å². The largest absolute Gasteiger partial charge is 0.324 e. The third kappa shape index (κ3) is 5.91. The number of amides is 1. The van der Waals surface area contributed by atoms with Gasteiger partial charge < -0.3 is 5.32 Å². The summed E-state index contributed by atoms with van der Waals surface area (Å²) in [6.07, 6.45) is 0. The maximum absolute atomic E-state index is 13.7. The molecule has 4 aromatic rings. The Morgan fingerprint density at radius 1 is 0.842 bits per heavy atom. The van der Waals surface area contributed by atoms with E-state index in [0.29, 0.717) is 21.2 Å². The number of ketones is 1. The van der Waals surface area contributed by atoms with Gasteiger partial charge in [0.05, 0.1) is 16.3 Å². The molecule has 0 aliphatic heterocycles. The molecule has 0 fully saturated rings. The summed E-state index contributed by atoms with van der Waals surface area (Å²) in [4.78, 5) is 26.5. The fraction of sp³-hybridized carbons (Fsp3) is 0.103. The normalized spacial score (nSPS) is 11.2. The summed E-state index contributed by atoms with van der Waals surface area (Å²) in [5.74, 6) is -0.984. The van der Waals surface area contributed by atoms with Crippen LogP contribution in [0, 0.1) is 13.8 Å². The molecule has 0 aliphatic rings. The van der Waals surface area contributed by atoms with Crippen molar-refractivity contribution in [3.05, 3.63) is 123 Å². The van der Waals surface area contributed by atoms with Gasteiger partial charge in [0.15, 0.2) is 5.78 Å².